The number of azide groups is 1. The molecule has 0 aliphatic rings. The van der Waals surface area contributed by atoms with E-state index >= 15 is 0 Å². The zero-order valence-electron chi connectivity index (χ0n) is 21.1. The van der Waals surface area contributed by atoms with Crippen molar-refractivity contribution in [1.29, 1.82) is 0 Å². The van der Waals surface area contributed by atoms with Gasteiger partial charge in [-0.25, -0.2) is 4.79 Å². The van der Waals surface area contributed by atoms with E-state index in [1.165, 1.54) is 6.08 Å². The van der Waals surface area contributed by atoms with Crippen LogP contribution in [0, 0.1) is 11.8 Å². The van der Waals surface area contributed by atoms with Crippen LogP contribution >= 0.6 is 0 Å². The molecule has 8 nitrogen and oxygen atoms in total. The van der Waals surface area contributed by atoms with E-state index in [4.69, 9.17) is 20.7 Å². The molecule has 0 aromatic heterocycles. The molecule has 0 spiro atoms. The molecule has 8 heteroatoms. The fourth-order valence-electron chi connectivity index (χ4n) is 3.08. The highest BCUT2D eigenvalue weighted by molar-refractivity contribution is 5.82. The van der Waals surface area contributed by atoms with E-state index in [0.29, 0.717) is 19.4 Å². The molecule has 0 saturated heterocycles. The molecule has 0 saturated carbocycles. The van der Waals surface area contributed by atoms with Gasteiger partial charge in [0.25, 0.3) is 0 Å². The number of esters is 2. The van der Waals surface area contributed by atoms with Crippen molar-refractivity contribution in [3.8, 4) is 0 Å². The highest BCUT2D eigenvalue weighted by atomic mass is 16.6. The van der Waals surface area contributed by atoms with Crippen molar-refractivity contribution in [1.82, 2.24) is 0 Å². The summed E-state index contributed by atoms with van der Waals surface area (Å²) in [5.41, 5.74) is 15.7. The summed E-state index contributed by atoms with van der Waals surface area (Å²) in [7, 11) is 0. The largest absolute Gasteiger partial charge is 0.460 e. The van der Waals surface area contributed by atoms with Crippen LogP contribution in [0.4, 0.5) is 0 Å². The summed E-state index contributed by atoms with van der Waals surface area (Å²) in [5.74, 6) is -0.765. The quantitative estimate of drug-likeness (QED) is 0.137. The number of rotatable bonds is 12. The molecule has 1 aromatic carbocycles. The minimum absolute atomic E-state index is 0.138. The van der Waals surface area contributed by atoms with Gasteiger partial charge in [-0.3, -0.25) is 4.79 Å². The zero-order valence-corrected chi connectivity index (χ0v) is 21.1. The molecule has 1 aromatic rings. The highest BCUT2D eigenvalue weighted by Gasteiger charge is 2.24. The Bertz CT molecular complexity index is 894. The maximum absolute atomic E-state index is 12.6. The first kappa shape index (κ1) is 28.9. The van der Waals surface area contributed by atoms with Crippen molar-refractivity contribution >= 4 is 18.0 Å². The summed E-state index contributed by atoms with van der Waals surface area (Å²) in [5, 5.41) is 3.55. The van der Waals surface area contributed by atoms with Crippen molar-refractivity contribution in [3.05, 3.63) is 64.1 Å². The highest BCUT2D eigenvalue weighted by Crippen LogP contribution is 2.18. The van der Waals surface area contributed by atoms with Gasteiger partial charge in [-0.1, -0.05) is 68.4 Å². The Morgan fingerprint density at radius 3 is 2.38 bits per heavy atom. The van der Waals surface area contributed by atoms with Crippen molar-refractivity contribution in [2.75, 3.05) is 0 Å². The third kappa shape index (κ3) is 12.2. The molecule has 1 unspecified atom stereocenters. The Kier molecular flexibility index (Phi) is 12.1. The molecule has 2 N–H and O–H groups in total. The molecule has 186 valence electrons. The van der Waals surface area contributed by atoms with Gasteiger partial charge in [0.2, 0.25) is 0 Å². The molecule has 0 heterocycles. The molecule has 0 bridgehead atoms. The Morgan fingerprint density at radius 1 is 1.18 bits per heavy atom. The lowest BCUT2D eigenvalue weighted by Crippen LogP contribution is -2.37. The standard InChI is InChI=1S/C26H38N4O4/c1-18(2)16-22(27)25(32)33-23(8-7-9-24(31)34-26(4,5)6)19(3)10-11-20-12-14-21(15-13-20)17-29-30-28/h7,9-15,18-19,22-23H,8,16-17,27H2,1-6H3/t19-,22?,23+/m1/s1. The second kappa shape index (κ2) is 14.2. The number of hydrogen-bond acceptors (Lipinski definition) is 6. The summed E-state index contributed by atoms with van der Waals surface area (Å²) in [6, 6.07) is 6.94. The molecular formula is C26H38N4O4. The van der Waals surface area contributed by atoms with E-state index in [-0.39, 0.29) is 11.8 Å². The predicted molar refractivity (Wildman–Crippen MR) is 134 cm³/mol. The van der Waals surface area contributed by atoms with Gasteiger partial charge >= 0.3 is 11.9 Å². The van der Waals surface area contributed by atoms with E-state index < -0.39 is 29.7 Å². The Balaban J connectivity index is 2.91. The smallest absolute Gasteiger partial charge is 0.330 e. The Hall–Kier alpha value is -3.09. The summed E-state index contributed by atoms with van der Waals surface area (Å²) in [6.07, 6.45) is 7.30. The predicted octanol–water partition coefficient (Wildman–Crippen LogP) is 5.72. The SMILES string of the molecule is CC(C)CC(N)C(=O)O[C@@H](CC=CC(=O)OC(C)(C)C)[C@H](C)C=Cc1ccc(CN=[N+]=[N-])cc1. The first-order valence-corrected chi connectivity index (χ1v) is 11.5. The molecule has 0 amide bonds. The molecule has 0 fully saturated rings. The van der Waals surface area contributed by atoms with Gasteiger partial charge in [-0.05, 0) is 49.8 Å². The topological polar surface area (TPSA) is 127 Å². The van der Waals surface area contributed by atoms with E-state index in [2.05, 4.69) is 10.0 Å². The first-order chi connectivity index (χ1) is 15.9. The van der Waals surface area contributed by atoms with Crippen molar-refractivity contribution in [2.24, 2.45) is 22.7 Å². The number of ether oxygens (including phenoxy) is 2. The maximum atomic E-state index is 12.6. The van der Waals surface area contributed by atoms with Crippen molar-refractivity contribution in [2.45, 2.75) is 78.7 Å². The zero-order chi connectivity index (χ0) is 25.7. The summed E-state index contributed by atoms with van der Waals surface area (Å²) < 4.78 is 11.0. The van der Waals surface area contributed by atoms with Gasteiger partial charge in [0.05, 0.1) is 6.54 Å². The average molecular weight is 471 g/mol. The number of carbonyl (C=O) groups is 2. The fourth-order valence-corrected chi connectivity index (χ4v) is 3.08. The molecule has 1 rings (SSSR count). The van der Waals surface area contributed by atoms with Crippen molar-refractivity contribution < 1.29 is 19.1 Å². The lowest BCUT2D eigenvalue weighted by Gasteiger charge is -2.23. The van der Waals surface area contributed by atoms with Gasteiger partial charge in [-0.2, -0.15) is 0 Å². The number of nitrogens with two attached hydrogens (primary N) is 1. The molecule has 34 heavy (non-hydrogen) atoms. The summed E-state index contributed by atoms with van der Waals surface area (Å²) in [6.45, 7) is 11.6. The number of carbonyl (C=O) groups excluding carboxylic acids is 2. The van der Waals surface area contributed by atoms with Crippen LogP contribution in [0.15, 0.2) is 47.6 Å². The second-order valence-corrected chi connectivity index (χ2v) is 9.73. The van der Waals surface area contributed by atoms with E-state index in [9.17, 15) is 9.59 Å². The summed E-state index contributed by atoms with van der Waals surface area (Å²) in [4.78, 5) is 27.3. The van der Waals surface area contributed by atoms with Gasteiger partial charge in [-0.15, -0.1) is 0 Å². The normalized spacial score (nSPS) is 14.6. The Morgan fingerprint density at radius 2 is 1.82 bits per heavy atom. The average Bonchev–Trinajstić information content (AvgIpc) is 2.74. The number of benzene rings is 1. The third-order valence-corrected chi connectivity index (χ3v) is 4.80. The van der Waals surface area contributed by atoms with Crippen molar-refractivity contribution in [3.63, 3.8) is 0 Å². The number of hydrogen-bond donors (Lipinski definition) is 1. The molecule has 0 aliphatic heterocycles. The van der Waals surface area contributed by atoms with Gasteiger partial charge in [0.15, 0.2) is 0 Å². The third-order valence-electron chi connectivity index (χ3n) is 4.80. The number of nitrogens with zero attached hydrogens (tertiary/aromatic N) is 3. The van der Waals surface area contributed by atoms with Crippen LogP contribution in [-0.4, -0.2) is 29.7 Å². The molecular weight excluding hydrogens is 432 g/mol. The van der Waals surface area contributed by atoms with E-state index in [1.807, 2.05) is 57.2 Å². The van der Waals surface area contributed by atoms with Gasteiger partial charge < -0.3 is 15.2 Å². The van der Waals surface area contributed by atoms with Crippen LogP contribution in [0.2, 0.25) is 0 Å². The van der Waals surface area contributed by atoms with Crippen LogP contribution in [0.1, 0.15) is 65.5 Å². The lowest BCUT2D eigenvalue weighted by atomic mass is 9.99. The van der Waals surface area contributed by atoms with Gasteiger partial charge in [0.1, 0.15) is 17.7 Å². The van der Waals surface area contributed by atoms with Crippen LogP contribution in [-0.2, 0) is 25.6 Å². The minimum Gasteiger partial charge on any atom is -0.460 e. The first-order valence-electron chi connectivity index (χ1n) is 11.5. The van der Waals surface area contributed by atoms with E-state index in [1.54, 1.807) is 26.8 Å². The minimum atomic E-state index is -0.697. The van der Waals surface area contributed by atoms with Crippen LogP contribution in [0.3, 0.4) is 0 Å². The Labute approximate surface area is 202 Å². The van der Waals surface area contributed by atoms with Crippen LogP contribution in [0.5, 0.6) is 0 Å². The molecule has 0 aliphatic carbocycles. The molecule has 3 atom stereocenters. The fraction of sp³-hybridized carbons (Fsp3) is 0.538. The van der Waals surface area contributed by atoms with Gasteiger partial charge in [0, 0.05) is 23.3 Å². The molecule has 0 radical (unpaired) electrons. The lowest BCUT2D eigenvalue weighted by molar-refractivity contribution is -0.152. The van der Waals surface area contributed by atoms with Crippen LogP contribution in [0.25, 0.3) is 16.5 Å². The maximum Gasteiger partial charge on any atom is 0.330 e. The monoisotopic (exact) mass is 470 g/mol. The second-order valence-electron chi connectivity index (χ2n) is 9.73. The van der Waals surface area contributed by atoms with Crippen LogP contribution < -0.4 is 5.73 Å². The van der Waals surface area contributed by atoms with E-state index in [0.717, 1.165) is 11.1 Å². The summed E-state index contributed by atoms with van der Waals surface area (Å²) >= 11 is 0.